The van der Waals surface area contributed by atoms with Crippen LogP contribution in [0.15, 0.2) is 41.3 Å². The Kier molecular flexibility index (Phi) is 2.72. The summed E-state index contributed by atoms with van der Waals surface area (Å²) in [5, 5.41) is 0. The van der Waals surface area contributed by atoms with Crippen molar-refractivity contribution in [3.63, 3.8) is 0 Å². The van der Waals surface area contributed by atoms with Crippen LogP contribution in [0.3, 0.4) is 0 Å². The lowest BCUT2D eigenvalue weighted by Crippen LogP contribution is -1.99. The van der Waals surface area contributed by atoms with Crippen LogP contribution in [0.2, 0.25) is 0 Å². The molecule has 0 radical (unpaired) electrons. The second kappa shape index (κ2) is 4.18. The van der Waals surface area contributed by atoms with Gasteiger partial charge < -0.3 is 9.72 Å². The molecule has 0 aliphatic rings. The van der Waals surface area contributed by atoms with Crippen molar-refractivity contribution in [2.24, 2.45) is 0 Å². The predicted octanol–water partition coefficient (Wildman–Crippen LogP) is 2.19. The van der Waals surface area contributed by atoms with Crippen LogP contribution in [-0.2, 0) is 0 Å². The van der Waals surface area contributed by atoms with Crippen LogP contribution in [0, 0.1) is 5.82 Å². The van der Waals surface area contributed by atoms with Crippen LogP contribution in [0.4, 0.5) is 4.39 Å². The fourth-order valence-electron chi connectivity index (χ4n) is 1.44. The van der Waals surface area contributed by atoms with Gasteiger partial charge in [0, 0.05) is 30.0 Å². The number of rotatable bonds is 2. The van der Waals surface area contributed by atoms with Gasteiger partial charge in [-0.25, -0.2) is 4.39 Å². The zero-order valence-electron chi connectivity index (χ0n) is 8.66. The maximum absolute atomic E-state index is 13.7. The van der Waals surface area contributed by atoms with Crippen molar-refractivity contribution in [1.82, 2.24) is 4.98 Å². The molecule has 16 heavy (non-hydrogen) atoms. The SMILES string of the molecule is COc1ccc(-c2cc(=O)cc[nH]2)c(F)c1. The number of halogens is 1. The highest BCUT2D eigenvalue weighted by molar-refractivity contribution is 5.60. The number of H-pyrrole nitrogens is 1. The smallest absolute Gasteiger partial charge is 0.182 e. The monoisotopic (exact) mass is 219 g/mol. The van der Waals surface area contributed by atoms with E-state index in [-0.39, 0.29) is 5.43 Å². The molecule has 0 bridgehead atoms. The Balaban J connectivity index is 2.52. The molecule has 1 heterocycles. The van der Waals surface area contributed by atoms with Crippen molar-refractivity contribution in [2.75, 3.05) is 7.11 Å². The lowest BCUT2D eigenvalue weighted by atomic mass is 10.1. The first-order valence-corrected chi connectivity index (χ1v) is 4.73. The van der Waals surface area contributed by atoms with Gasteiger partial charge in [0.25, 0.3) is 0 Å². The normalized spacial score (nSPS) is 10.1. The molecule has 0 aliphatic carbocycles. The number of ether oxygens (including phenoxy) is 1. The van der Waals surface area contributed by atoms with Gasteiger partial charge in [-0.2, -0.15) is 0 Å². The van der Waals surface area contributed by atoms with Crippen LogP contribution in [0.25, 0.3) is 11.3 Å². The number of hydrogen-bond acceptors (Lipinski definition) is 2. The number of aromatic amines is 1. The van der Waals surface area contributed by atoms with Crippen molar-refractivity contribution in [3.05, 3.63) is 52.6 Å². The lowest BCUT2D eigenvalue weighted by molar-refractivity contribution is 0.411. The van der Waals surface area contributed by atoms with Crippen LogP contribution < -0.4 is 10.2 Å². The number of benzene rings is 1. The maximum Gasteiger partial charge on any atom is 0.182 e. The van der Waals surface area contributed by atoms with Gasteiger partial charge >= 0.3 is 0 Å². The summed E-state index contributed by atoms with van der Waals surface area (Å²) in [6.07, 6.45) is 1.49. The molecule has 0 unspecified atom stereocenters. The van der Waals surface area contributed by atoms with Crippen LogP contribution >= 0.6 is 0 Å². The highest BCUT2D eigenvalue weighted by Gasteiger charge is 2.06. The van der Waals surface area contributed by atoms with Crippen LogP contribution in [0.5, 0.6) is 5.75 Å². The minimum absolute atomic E-state index is 0.163. The largest absolute Gasteiger partial charge is 0.497 e. The van der Waals surface area contributed by atoms with Crippen LogP contribution in [-0.4, -0.2) is 12.1 Å². The topological polar surface area (TPSA) is 42.1 Å². The molecule has 0 atom stereocenters. The molecule has 2 aromatic rings. The van der Waals surface area contributed by atoms with Crippen molar-refractivity contribution >= 4 is 0 Å². The summed E-state index contributed by atoms with van der Waals surface area (Å²) in [4.78, 5) is 14.0. The molecular weight excluding hydrogens is 209 g/mol. The minimum Gasteiger partial charge on any atom is -0.497 e. The second-order valence-electron chi connectivity index (χ2n) is 3.28. The molecule has 1 N–H and O–H groups in total. The number of nitrogens with one attached hydrogen (secondary N) is 1. The number of aromatic nitrogens is 1. The molecule has 1 aromatic heterocycles. The fourth-order valence-corrected chi connectivity index (χ4v) is 1.44. The lowest BCUT2D eigenvalue weighted by Gasteiger charge is -2.05. The van der Waals surface area contributed by atoms with Crippen molar-refractivity contribution in [1.29, 1.82) is 0 Å². The standard InChI is InChI=1S/C12H10FNO2/c1-16-9-2-3-10(11(13)7-9)12-6-8(15)4-5-14-12/h2-7H,1H3,(H,14,15). The van der Waals surface area contributed by atoms with Gasteiger partial charge in [0.1, 0.15) is 11.6 Å². The highest BCUT2D eigenvalue weighted by atomic mass is 19.1. The van der Waals surface area contributed by atoms with Gasteiger partial charge in [-0.1, -0.05) is 0 Å². The predicted molar refractivity (Wildman–Crippen MR) is 59.0 cm³/mol. The number of pyridine rings is 1. The summed E-state index contributed by atoms with van der Waals surface area (Å²) in [6, 6.07) is 7.22. The Hall–Kier alpha value is -2.10. The first-order chi connectivity index (χ1) is 7.70. The molecule has 2 rings (SSSR count). The van der Waals surface area contributed by atoms with Gasteiger partial charge in [0.05, 0.1) is 12.8 Å². The molecule has 0 saturated carbocycles. The van der Waals surface area contributed by atoms with Crippen molar-refractivity contribution in [3.8, 4) is 17.0 Å². The Morgan fingerprint density at radius 2 is 2.06 bits per heavy atom. The van der Waals surface area contributed by atoms with Gasteiger partial charge in [-0.05, 0) is 12.1 Å². The molecule has 1 aromatic carbocycles. The van der Waals surface area contributed by atoms with E-state index in [2.05, 4.69) is 4.98 Å². The van der Waals surface area contributed by atoms with E-state index >= 15 is 0 Å². The Morgan fingerprint density at radius 3 is 2.69 bits per heavy atom. The van der Waals surface area contributed by atoms with Gasteiger partial charge in [-0.3, -0.25) is 4.79 Å². The summed E-state index contributed by atoms with van der Waals surface area (Å²) in [5.41, 5.74) is 0.634. The molecule has 0 amide bonds. The third-order valence-electron chi connectivity index (χ3n) is 2.24. The van der Waals surface area contributed by atoms with E-state index in [1.807, 2.05) is 0 Å². The average Bonchev–Trinajstić information content (AvgIpc) is 2.28. The maximum atomic E-state index is 13.7. The van der Waals surface area contributed by atoms with E-state index in [1.54, 1.807) is 12.1 Å². The molecule has 0 fully saturated rings. The fraction of sp³-hybridized carbons (Fsp3) is 0.0833. The molecule has 3 nitrogen and oxygen atoms in total. The Bertz CT molecular complexity index is 563. The number of methoxy groups -OCH3 is 1. The second-order valence-corrected chi connectivity index (χ2v) is 3.28. The molecule has 4 heteroatoms. The summed E-state index contributed by atoms with van der Waals surface area (Å²) in [6.45, 7) is 0. The Morgan fingerprint density at radius 1 is 1.25 bits per heavy atom. The quantitative estimate of drug-likeness (QED) is 0.841. The highest BCUT2D eigenvalue weighted by Crippen LogP contribution is 2.23. The summed E-state index contributed by atoms with van der Waals surface area (Å²) < 4.78 is 18.6. The van der Waals surface area contributed by atoms with Gasteiger partial charge in [-0.15, -0.1) is 0 Å². The number of hydrogen-bond donors (Lipinski definition) is 1. The minimum atomic E-state index is -0.429. The third kappa shape index (κ3) is 1.95. The van der Waals surface area contributed by atoms with Crippen LogP contribution in [0.1, 0.15) is 0 Å². The first kappa shape index (κ1) is 10.4. The zero-order chi connectivity index (χ0) is 11.5. The molecule has 82 valence electrons. The van der Waals surface area contributed by atoms with Crippen molar-refractivity contribution in [2.45, 2.75) is 0 Å². The molecule has 0 spiro atoms. The van der Waals surface area contributed by atoms with E-state index in [0.29, 0.717) is 17.0 Å². The zero-order valence-corrected chi connectivity index (χ0v) is 8.66. The molecular formula is C12H10FNO2. The van der Waals surface area contributed by atoms with E-state index in [9.17, 15) is 9.18 Å². The summed E-state index contributed by atoms with van der Waals surface area (Å²) in [7, 11) is 1.47. The average molecular weight is 219 g/mol. The summed E-state index contributed by atoms with van der Waals surface area (Å²) >= 11 is 0. The molecule has 0 saturated heterocycles. The van der Waals surface area contributed by atoms with E-state index in [4.69, 9.17) is 4.74 Å². The van der Waals surface area contributed by atoms with Gasteiger partial charge in [0.2, 0.25) is 0 Å². The third-order valence-corrected chi connectivity index (χ3v) is 2.24. The van der Waals surface area contributed by atoms with E-state index in [0.717, 1.165) is 0 Å². The molecule has 0 aliphatic heterocycles. The summed E-state index contributed by atoms with van der Waals surface area (Å²) in [5.74, 6) is 0.0146. The van der Waals surface area contributed by atoms with Crippen molar-refractivity contribution < 1.29 is 9.13 Å². The first-order valence-electron chi connectivity index (χ1n) is 4.73. The Labute approximate surface area is 91.5 Å². The van der Waals surface area contributed by atoms with Gasteiger partial charge in [0.15, 0.2) is 5.43 Å². The van der Waals surface area contributed by atoms with E-state index < -0.39 is 5.82 Å². The van der Waals surface area contributed by atoms with E-state index in [1.165, 1.54) is 31.5 Å².